The molecule has 0 radical (unpaired) electrons. The number of methoxy groups -OCH3 is 1. The van der Waals surface area contributed by atoms with Crippen molar-refractivity contribution in [2.75, 3.05) is 25.6 Å². The standard InChI is InChI=1S/C26H28FN5O5/c1-35-14-26-11-25(12-26,13-36-26)32-10-15-8-17(23(29-21(15)30-32)37-16-4-2-5-16)22(33)28-19-6-3-7-31(24(19)34)20-9-18(20)27/h3,6-8,10,16,18,20H,2,4-5,9,11-14H2,1H3,(H,28,33)/t18-,20-,25?,26?/m1/s1. The van der Waals surface area contributed by atoms with Crippen molar-refractivity contribution in [1.29, 1.82) is 0 Å². The van der Waals surface area contributed by atoms with Gasteiger partial charge in [0.05, 0.1) is 30.4 Å². The van der Waals surface area contributed by atoms with Gasteiger partial charge in [0.25, 0.3) is 11.5 Å². The summed E-state index contributed by atoms with van der Waals surface area (Å²) in [5.41, 5.74) is -0.137. The molecule has 1 N–H and O–H groups in total. The Labute approximate surface area is 211 Å². The normalized spacial score (nSPS) is 30.1. The van der Waals surface area contributed by atoms with Gasteiger partial charge in [-0.3, -0.25) is 14.3 Å². The lowest BCUT2D eigenvalue weighted by Gasteiger charge is -2.43. The van der Waals surface area contributed by atoms with Crippen molar-refractivity contribution in [2.45, 2.75) is 68.0 Å². The number of carbonyl (C=O) groups excluding carboxylic acids is 1. The molecule has 2 atom stereocenters. The van der Waals surface area contributed by atoms with E-state index in [9.17, 15) is 14.0 Å². The number of hydrogen-bond donors (Lipinski definition) is 1. The maximum atomic E-state index is 13.6. The molecule has 3 aromatic heterocycles. The fraction of sp³-hybridized carbons (Fsp3) is 0.538. The van der Waals surface area contributed by atoms with E-state index in [1.165, 1.54) is 10.6 Å². The monoisotopic (exact) mass is 509 g/mol. The van der Waals surface area contributed by atoms with Crippen LogP contribution in [0.5, 0.6) is 5.88 Å². The number of ether oxygens (including phenoxy) is 3. The number of aromatic nitrogens is 4. The lowest BCUT2D eigenvalue weighted by atomic mass is 9.69. The molecule has 5 heterocycles. The van der Waals surface area contributed by atoms with Gasteiger partial charge in [0.2, 0.25) is 5.88 Å². The van der Waals surface area contributed by atoms with Gasteiger partial charge in [-0.2, -0.15) is 10.1 Å². The van der Waals surface area contributed by atoms with Crippen LogP contribution in [0.3, 0.4) is 0 Å². The number of pyridine rings is 2. The molecule has 2 aliphatic heterocycles. The highest BCUT2D eigenvalue weighted by Crippen LogP contribution is 2.56. The smallest absolute Gasteiger partial charge is 0.274 e. The summed E-state index contributed by atoms with van der Waals surface area (Å²) in [4.78, 5) is 30.9. The van der Waals surface area contributed by atoms with Crippen LogP contribution in [0.25, 0.3) is 11.0 Å². The van der Waals surface area contributed by atoms with E-state index in [0.717, 1.165) is 32.1 Å². The minimum atomic E-state index is -1.03. The van der Waals surface area contributed by atoms with Crippen molar-refractivity contribution in [2.24, 2.45) is 0 Å². The molecule has 3 aromatic rings. The van der Waals surface area contributed by atoms with Crippen molar-refractivity contribution in [3.63, 3.8) is 0 Å². The van der Waals surface area contributed by atoms with Gasteiger partial charge in [-0.1, -0.05) is 0 Å². The number of halogens is 1. The maximum absolute atomic E-state index is 13.6. The lowest BCUT2D eigenvalue weighted by molar-refractivity contribution is -0.0694. The van der Waals surface area contributed by atoms with Gasteiger partial charge < -0.3 is 24.1 Å². The van der Waals surface area contributed by atoms with Crippen LogP contribution in [0.2, 0.25) is 0 Å². The second-order valence-corrected chi connectivity index (χ2v) is 10.9. The molecule has 10 nitrogen and oxygen atoms in total. The molecule has 2 saturated heterocycles. The van der Waals surface area contributed by atoms with E-state index >= 15 is 0 Å². The first-order valence-corrected chi connectivity index (χ1v) is 12.8. The van der Waals surface area contributed by atoms with E-state index in [0.29, 0.717) is 30.7 Å². The third-order valence-corrected chi connectivity index (χ3v) is 8.14. The summed E-state index contributed by atoms with van der Waals surface area (Å²) in [6.45, 7) is 1.09. The number of anilines is 1. The molecule has 1 amide bonds. The molecule has 3 saturated carbocycles. The van der Waals surface area contributed by atoms with Gasteiger partial charge in [0, 0.05) is 44.2 Å². The first-order valence-electron chi connectivity index (χ1n) is 12.8. The fourth-order valence-electron chi connectivity index (χ4n) is 5.85. The van der Waals surface area contributed by atoms with Crippen LogP contribution in [-0.4, -0.2) is 63.4 Å². The summed E-state index contributed by atoms with van der Waals surface area (Å²) in [5, 5.41) is 8.13. The zero-order valence-corrected chi connectivity index (χ0v) is 20.5. The number of nitrogens with one attached hydrogen (secondary N) is 1. The van der Waals surface area contributed by atoms with E-state index < -0.39 is 23.7 Å². The molecule has 11 heteroatoms. The molecular weight excluding hydrogens is 481 g/mol. The fourth-order valence-corrected chi connectivity index (χ4v) is 5.85. The molecule has 5 fully saturated rings. The van der Waals surface area contributed by atoms with Crippen LogP contribution in [-0.2, 0) is 15.0 Å². The van der Waals surface area contributed by atoms with Gasteiger partial charge in [-0.25, -0.2) is 4.39 Å². The Balaban J connectivity index is 1.21. The van der Waals surface area contributed by atoms with Crippen molar-refractivity contribution >= 4 is 22.6 Å². The second-order valence-electron chi connectivity index (χ2n) is 10.9. The number of alkyl halides is 1. The average Bonchev–Trinajstić information content (AvgIpc) is 3.16. The number of nitrogens with zero attached hydrogens (tertiary/aromatic N) is 4. The molecule has 0 spiro atoms. The largest absolute Gasteiger partial charge is 0.474 e. The number of fused-ring (bicyclic) bond motifs is 2. The van der Waals surface area contributed by atoms with Crippen LogP contribution in [0, 0.1) is 0 Å². The molecule has 3 aliphatic carbocycles. The molecule has 0 aromatic carbocycles. The summed E-state index contributed by atoms with van der Waals surface area (Å²) in [5.74, 6) is -0.311. The number of carbonyl (C=O) groups is 1. The van der Waals surface area contributed by atoms with Gasteiger partial charge in [-0.15, -0.1) is 0 Å². The van der Waals surface area contributed by atoms with E-state index in [2.05, 4.69) is 10.3 Å². The maximum Gasteiger partial charge on any atom is 0.274 e. The first kappa shape index (κ1) is 22.9. The van der Waals surface area contributed by atoms with Crippen LogP contribution >= 0.6 is 0 Å². The highest BCUT2D eigenvalue weighted by molar-refractivity contribution is 6.07. The number of amides is 1. The molecule has 194 valence electrons. The van der Waals surface area contributed by atoms with Crippen LogP contribution in [0.4, 0.5) is 10.1 Å². The summed E-state index contributed by atoms with van der Waals surface area (Å²) in [7, 11) is 1.67. The zero-order chi connectivity index (χ0) is 25.4. The first-order chi connectivity index (χ1) is 17.9. The Hall–Kier alpha value is -3.31. The van der Waals surface area contributed by atoms with E-state index in [1.807, 2.05) is 10.9 Å². The molecule has 2 bridgehead atoms. The number of rotatable bonds is 8. The Morgan fingerprint density at radius 1 is 1.35 bits per heavy atom. The second kappa shape index (κ2) is 8.09. The highest BCUT2D eigenvalue weighted by Gasteiger charge is 2.64. The van der Waals surface area contributed by atoms with Crippen LogP contribution in [0.1, 0.15) is 54.9 Å². The third-order valence-electron chi connectivity index (χ3n) is 8.14. The third kappa shape index (κ3) is 3.66. The molecule has 0 unspecified atom stereocenters. The predicted molar refractivity (Wildman–Crippen MR) is 131 cm³/mol. The Morgan fingerprint density at radius 2 is 2.16 bits per heavy atom. The summed E-state index contributed by atoms with van der Waals surface area (Å²) in [6, 6.07) is 4.39. The van der Waals surface area contributed by atoms with E-state index in [4.69, 9.17) is 19.3 Å². The minimum absolute atomic E-state index is 0.00740. The van der Waals surface area contributed by atoms with Gasteiger partial charge >= 0.3 is 0 Å². The predicted octanol–water partition coefficient (Wildman–Crippen LogP) is 2.96. The average molecular weight is 510 g/mol. The quantitative estimate of drug-likeness (QED) is 0.497. The van der Waals surface area contributed by atoms with Gasteiger partial charge in [0.1, 0.15) is 23.5 Å². The van der Waals surface area contributed by atoms with E-state index in [-0.39, 0.29) is 34.4 Å². The van der Waals surface area contributed by atoms with Crippen molar-refractivity contribution in [3.8, 4) is 5.88 Å². The molecule has 8 rings (SSSR count). The SMILES string of the molecule is COCC12CC(n3cc4cc(C(=O)Nc5cccn([C@@H]6C[C@H]6F)c5=O)c(OC5CCC5)nc4n3)(CO1)C2. The lowest BCUT2D eigenvalue weighted by Crippen LogP contribution is -2.53. The molecular formula is C26H28FN5O5. The summed E-state index contributed by atoms with van der Waals surface area (Å²) in [6.07, 6.45) is 7.17. The van der Waals surface area contributed by atoms with Crippen molar-refractivity contribution < 1.29 is 23.4 Å². The van der Waals surface area contributed by atoms with Gasteiger partial charge in [0.15, 0.2) is 5.65 Å². The minimum Gasteiger partial charge on any atom is -0.474 e. The summed E-state index contributed by atoms with van der Waals surface area (Å²) >= 11 is 0. The Morgan fingerprint density at radius 3 is 2.86 bits per heavy atom. The van der Waals surface area contributed by atoms with Crippen molar-refractivity contribution in [1.82, 2.24) is 19.3 Å². The van der Waals surface area contributed by atoms with Crippen LogP contribution in [0.15, 0.2) is 35.4 Å². The highest BCUT2D eigenvalue weighted by atomic mass is 19.1. The molecule has 5 aliphatic rings. The van der Waals surface area contributed by atoms with E-state index in [1.54, 1.807) is 25.4 Å². The zero-order valence-electron chi connectivity index (χ0n) is 20.5. The molecule has 37 heavy (non-hydrogen) atoms. The Kier molecular flexibility index (Phi) is 5.00. The topological polar surface area (TPSA) is 110 Å². The number of hydrogen-bond acceptors (Lipinski definition) is 7. The summed E-state index contributed by atoms with van der Waals surface area (Å²) < 4.78 is 34.3. The van der Waals surface area contributed by atoms with Gasteiger partial charge in [-0.05, 0) is 37.5 Å². The van der Waals surface area contributed by atoms with Crippen LogP contribution < -0.4 is 15.6 Å². The Bertz CT molecular complexity index is 1460. The van der Waals surface area contributed by atoms with Crippen molar-refractivity contribution in [3.05, 3.63) is 46.5 Å².